The summed E-state index contributed by atoms with van der Waals surface area (Å²) in [6, 6.07) is 7.72. The van der Waals surface area contributed by atoms with Crippen LogP contribution >= 0.6 is 11.6 Å². The van der Waals surface area contributed by atoms with Gasteiger partial charge < -0.3 is 10.2 Å². The smallest absolute Gasteiger partial charge is 0.220 e. The molecule has 1 aliphatic rings. The molecule has 1 N–H and O–H groups in total. The molecule has 0 spiro atoms. The highest BCUT2D eigenvalue weighted by Gasteiger charge is 2.14. The minimum absolute atomic E-state index is 0.118. The monoisotopic (exact) mass is 322 g/mol. The zero-order valence-electron chi connectivity index (χ0n) is 13.5. The van der Waals surface area contributed by atoms with E-state index in [9.17, 15) is 4.79 Å². The van der Waals surface area contributed by atoms with Gasteiger partial charge in [0.2, 0.25) is 5.91 Å². The number of aryl methyl sites for hydroxylation is 1. The fourth-order valence-corrected chi connectivity index (χ4v) is 3.08. The van der Waals surface area contributed by atoms with E-state index in [-0.39, 0.29) is 5.91 Å². The third-order valence-corrected chi connectivity index (χ3v) is 4.80. The maximum atomic E-state index is 11.9. The van der Waals surface area contributed by atoms with Crippen molar-refractivity contribution in [1.82, 2.24) is 10.2 Å². The predicted molar refractivity (Wildman–Crippen MR) is 92.2 cm³/mol. The number of amides is 1. The Morgan fingerprint density at radius 1 is 1.32 bits per heavy atom. The third-order valence-electron chi connectivity index (χ3n) is 4.43. The molecule has 0 aromatic heterocycles. The summed E-state index contributed by atoms with van der Waals surface area (Å²) in [5, 5.41) is 3.76. The molecule has 1 heterocycles. The number of carbonyl (C=O) groups excluding carboxylic acids is 1. The second-order valence-electron chi connectivity index (χ2n) is 6.32. The SMILES string of the molecule is CC1CCN(CCCNC(=O)CCc2ccccc2Cl)CC1. The summed E-state index contributed by atoms with van der Waals surface area (Å²) in [6.45, 7) is 6.62. The molecular formula is C18H27ClN2O. The number of halogens is 1. The Labute approximate surface area is 139 Å². The lowest BCUT2D eigenvalue weighted by Crippen LogP contribution is -2.35. The number of rotatable bonds is 7. The fourth-order valence-electron chi connectivity index (χ4n) is 2.85. The maximum Gasteiger partial charge on any atom is 0.220 e. The van der Waals surface area contributed by atoms with Crippen molar-refractivity contribution in [2.75, 3.05) is 26.2 Å². The van der Waals surface area contributed by atoms with Crippen LogP contribution in [0.4, 0.5) is 0 Å². The molecule has 1 aliphatic heterocycles. The van der Waals surface area contributed by atoms with Crippen LogP contribution in [-0.4, -0.2) is 37.0 Å². The van der Waals surface area contributed by atoms with Crippen molar-refractivity contribution in [2.24, 2.45) is 5.92 Å². The number of nitrogens with one attached hydrogen (secondary N) is 1. The average Bonchev–Trinajstić information content (AvgIpc) is 2.52. The minimum Gasteiger partial charge on any atom is -0.356 e. The summed E-state index contributed by atoms with van der Waals surface area (Å²) in [4.78, 5) is 14.4. The summed E-state index contributed by atoms with van der Waals surface area (Å²) in [6.07, 6.45) is 4.86. The number of carbonyl (C=O) groups is 1. The summed E-state index contributed by atoms with van der Waals surface area (Å²) < 4.78 is 0. The van der Waals surface area contributed by atoms with Crippen LogP contribution in [0.15, 0.2) is 24.3 Å². The summed E-state index contributed by atoms with van der Waals surface area (Å²) in [7, 11) is 0. The van der Waals surface area contributed by atoms with Gasteiger partial charge >= 0.3 is 0 Å². The molecule has 4 heteroatoms. The number of nitrogens with zero attached hydrogens (tertiary/aromatic N) is 1. The van der Waals surface area contributed by atoms with Crippen LogP contribution < -0.4 is 5.32 Å². The van der Waals surface area contributed by atoms with Crippen LogP contribution in [0.3, 0.4) is 0 Å². The van der Waals surface area contributed by atoms with E-state index in [1.807, 2.05) is 24.3 Å². The van der Waals surface area contributed by atoms with Gasteiger partial charge in [0.1, 0.15) is 0 Å². The summed E-state index contributed by atoms with van der Waals surface area (Å²) >= 11 is 6.09. The summed E-state index contributed by atoms with van der Waals surface area (Å²) in [5.41, 5.74) is 1.04. The second-order valence-corrected chi connectivity index (χ2v) is 6.73. The van der Waals surface area contributed by atoms with Crippen LogP contribution in [0.25, 0.3) is 0 Å². The van der Waals surface area contributed by atoms with E-state index in [1.54, 1.807) is 0 Å². The molecule has 22 heavy (non-hydrogen) atoms. The fraction of sp³-hybridized carbons (Fsp3) is 0.611. The molecule has 1 aromatic rings. The molecule has 2 rings (SSSR count). The number of piperidine rings is 1. The lowest BCUT2D eigenvalue weighted by Gasteiger charge is -2.30. The van der Waals surface area contributed by atoms with Crippen LogP contribution in [0.5, 0.6) is 0 Å². The van der Waals surface area contributed by atoms with Crippen LogP contribution in [0.1, 0.15) is 38.2 Å². The molecule has 0 radical (unpaired) electrons. The van der Waals surface area contributed by atoms with Crippen molar-refractivity contribution in [3.63, 3.8) is 0 Å². The van der Waals surface area contributed by atoms with E-state index in [2.05, 4.69) is 17.1 Å². The Hall–Kier alpha value is -1.06. The predicted octanol–water partition coefficient (Wildman–Crippen LogP) is 3.51. The topological polar surface area (TPSA) is 32.3 Å². The molecular weight excluding hydrogens is 296 g/mol. The van der Waals surface area contributed by atoms with Gasteiger partial charge in [-0.1, -0.05) is 36.7 Å². The first-order valence-corrected chi connectivity index (χ1v) is 8.75. The van der Waals surface area contributed by atoms with E-state index < -0.39 is 0 Å². The van der Waals surface area contributed by atoms with Crippen molar-refractivity contribution in [1.29, 1.82) is 0 Å². The number of benzene rings is 1. The molecule has 1 amide bonds. The number of hydrogen-bond donors (Lipinski definition) is 1. The van der Waals surface area contributed by atoms with Crippen molar-refractivity contribution in [2.45, 2.75) is 39.0 Å². The molecule has 122 valence electrons. The minimum atomic E-state index is 0.118. The van der Waals surface area contributed by atoms with Crippen LogP contribution in [0, 0.1) is 5.92 Å². The molecule has 0 unspecified atom stereocenters. The molecule has 0 bridgehead atoms. The van der Waals surface area contributed by atoms with Gasteiger partial charge in [-0.05, 0) is 62.9 Å². The standard InChI is InChI=1S/C18H27ClN2O/c1-15-9-13-21(14-10-15)12-4-11-20-18(22)8-7-16-5-2-3-6-17(16)19/h2-3,5-6,15H,4,7-14H2,1H3,(H,20,22). The van der Waals surface area contributed by atoms with Crippen LogP contribution in [-0.2, 0) is 11.2 Å². The zero-order valence-corrected chi connectivity index (χ0v) is 14.2. The van der Waals surface area contributed by atoms with Gasteiger partial charge in [-0.2, -0.15) is 0 Å². The first-order chi connectivity index (χ1) is 10.6. The molecule has 3 nitrogen and oxygen atoms in total. The highest BCUT2D eigenvalue weighted by Crippen LogP contribution is 2.17. The Morgan fingerprint density at radius 3 is 2.77 bits per heavy atom. The maximum absolute atomic E-state index is 11.9. The van der Waals surface area contributed by atoms with Crippen molar-refractivity contribution >= 4 is 17.5 Å². The number of likely N-dealkylation sites (tertiary alicyclic amines) is 1. The van der Waals surface area contributed by atoms with Gasteiger partial charge in [-0.3, -0.25) is 4.79 Å². The Morgan fingerprint density at radius 2 is 2.05 bits per heavy atom. The Kier molecular flexibility index (Phi) is 7.20. The van der Waals surface area contributed by atoms with E-state index in [0.717, 1.165) is 36.0 Å². The largest absolute Gasteiger partial charge is 0.356 e. The lowest BCUT2D eigenvalue weighted by molar-refractivity contribution is -0.121. The first kappa shape index (κ1) is 17.3. The van der Waals surface area contributed by atoms with Gasteiger partial charge in [-0.15, -0.1) is 0 Å². The zero-order chi connectivity index (χ0) is 15.8. The highest BCUT2D eigenvalue weighted by atomic mass is 35.5. The molecule has 0 aliphatic carbocycles. The Bertz CT molecular complexity index is 470. The van der Waals surface area contributed by atoms with Crippen molar-refractivity contribution < 1.29 is 4.79 Å². The second kappa shape index (κ2) is 9.16. The first-order valence-electron chi connectivity index (χ1n) is 8.37. The summed E-state index contributed by atoms with van der Waals surface area (Å²) in [5.74, 6) is 0.993. The molecule has 0 atom stereocenters. The van der Waals surface area contributed by atoms with Crippen molar-refractivity contribution in [3.05, 3.63) is 34.9 Å². The lowest BCUT2D eigenvalue weighted by atomic mass is 9.99. The third kappa shape index (κ3) is 5.98. The molecule has 1 saturated heterocycles. The van der Waals surface area contributed by atoms with Gasteiger partial charge in [0.15, 0.2) is 0 Å². The van der Waals surface area contributed by atoms with Crippen molar-refractivity contribution in [3.8, 4) is 0 Å². The van der Waals surface area contributed by atoms with E-state index >= 15 is 0 Å². The van der Waals surface area contributed by atoms with Gasteiger partial charge in [0.05, 0.1) is 0 Å². The number of hydrogen-bond acceptors (Lipinski definition) is 2. The highest BCUT2D eigenvalue weighted by molar-refractivity contribution is 6.31. The van der Waals surface area contributed by atoms with E-state index in [0.29, 0.717) is 12.8 Å². The van der Waals surface area contributed by atoms with Crippen LogP contribution in [0.2, 0.25) is 5.02 Å². The molecule has 0 saturated carbocycles. The Balaban J connectivity index is 1.55. The van der Waals surface area contributed by atoms with Gasteiger partial charge in [-0.25, -0.2) is 0 Å². The normalized spacial score (nSPS) is 16.6. The quantitative estimate of drug-likeness (QED) is 0.779. The van der Waals surface area contributed by atoms with E-state index in [1.165, 1.54) is 25.9 Å². The molecule has 1 aromatic carbocycles. The van der Waals surface area contributed by atoms with Gasteiger partial charge in [0, 0.05) is 18.0 Å². The van der Waals surface area contributed by atoms with E-state index in [4.69, 9.17) is 11.6 Å². The molecule has 1 fully saturated rings. The van der Waals surface area contributed by atoms with Gasteiger partial charge in [0.25, 0.3) is 0 Å². The average molecular weight is 323 g/mol.